The van der Waals surface area contributed by atoms with Crippen molar-refractivity contribution in [2.45, 2.75) is 6.42 Å². The summed E-state index contributed by atoms with van der Waals surface area (Å²) >= 11 is 6.34. The Bertz CT molecular complexity index is 1720. The number of carbonyl (C=O) groups is 5. The number of allylic oxidation sites excluding steroid dienone is 2. The largest absolute Gasteiger partial charge is 0.497 e. The van der Waals surface area contributed by atoms with Gasteiger partial charge in [0.1, 0.15) is 18.0 Å². The van der Waals surface area contributed by atoms with Gasteiger partial charge in [-0.2, -0.15) is 5.01 Å². The Morgan fingerprint density at radius 3 is 2.14 bits per heavy atom. The van der Waals surface area contributed by atoms with E-state index in [0.717, 1.165) is 16.4 Å². The number of amides is 3. The first-order valence-corrected chi connectivity index (χ1v) is 14.8. The van der Waals surface area contributed by atoms with Crippen LogP contribution in [0.15, 0.2) is 84.9 Å². The van der Waals surface area contributed by atoms with Crippen molar-refractivity contribution in [2.75, 3.05) is 13.7 Å². The van der Waals surface area contributed by atoms with Gasteiger partial charge in [-0.3, -0.25) is 19.2 Å². The molecule has 6 atom stereocenters. The van der Waals surface area contributed by atoms with Crippen molar-refractivity contribution in [1.82, 2.24) is 10.0 Å². The Labute approximate surface area is 257 Å². The molecule has 9 nitrogen and oxygen atoms in total. The molecule has 4 aliphatic carbocycles. The zero-order valence-electron chi connectivity index (χ0n) is 23.6. The highest BCUT2D eigenvalue weighted by molar-refractivity contribution is 6.34. The van der Waals surface area contributed by atoms with Gasteiger partial charge in [-0.15, -0.1) is 0 Å². The lowest BCUT2D eigenvalue weighted by Crippen LogP contribution is -2.52. The second-order valence-corrected chi connectivity index (χ2v) is 12.0. The molecule has 0 spiro atoms. The number of esters is 1. The minimum Gasteiger partial charge on any atom is -0.497 e. The minimum absolute atomic E-state index is 0.0448. The average molecular weight is 611 g/mol. The lowest BCUT2D eigenvalue weighted by molar-refractivity contribution is -0.154. The van der Waals surface area contributed by atoms with Crippen molar-refractivity contribution in [3.63, 3.8) is 0 Å². The topological polar surface area (TPSA) is 110 Å². The van der Waals surface area contributed by atoms with Crippen LogP contribution >= 0.6 is 11.6 Å². The summed E-state index contributed by atoms with van der Waals surface area (Å²) in [5.74, 6) is -2.47. The summed E-state index contributed by atoms with van der Waals surface area (Å²) in [4.78, 5) is 67.8. The number of rotatable bonds is 8. The third-order valence-corrected chi connectivity index (χ3v) is 9.53. The van der Waals surface area contributed by atoms with Gasteiger partial charge in [-0.1, -0.05) is 42.0 Å². The van der Waals surface area contributed by atoms with E-state index < -0.39 is 47.9 Å². The van der Waals surface area contributed by atoms with Crippen LogP contribution in [0.2, 0.25) is 5.02 Å². The summed E-state index contributed by atoms with van der Waals surface area (Å²) in [5, 5.41) is 1.96. The van der Waals surface area contributed by atoms with Crippen molar-refractivity contribution in [1.29, 1.82) is 0 Å². The molecule has 3 aromatic rings. The van der Waals surface area contributed by atoms with E-state index >= 15 is 0 Å². The molecule has 0 N–H and O–H groups in total. The molecule has 222 valence electrons. The predicted molar refractivity (Wildman–Crippen MR) is 158 cm³/mol. The Kier molecular flexibility index (Phi) is 6.85. The molecule has 44 heavy (non-hydrogen) atoms. The number of hydrogen-bond donors (Lipinski definition) is 0. The molecule has 1 saturated heterocycles. The van der Waals surface area contributed by atoms with E-state index in [2.05, 4.69) is 0 Å². The van der Waals surface area contributed by atoms with E-state index in [-0.39, 0.29) is 33.7 Å². The molecular formula is C34H27ClN2O7. The maximum Gasteiger partial charge on any atom is 0.343 e. The molecule has 8 rings (SSSR count). The number of halogens is 1. The highest BCUT2D eigenvalue weighted by atomic mass is 35.5. The summed E-state index contributed by atoms with van der Waals surface area (Å²) in [6.45, 7) is -0.570. The highest BCUT2D eigenvalue weighted by Crippen LogP contribution is 2.65. The van der Waals surface area contributed by atoms with Gasteiger partial charge < -0.3 is 9.47 Å². The molecule has 0 unspecified atom stereocenters. The van der Waals surface area contributed by atoms with E-state index in [1.807, 2.05) is 12.2 Å². The number of hydrogen-bond acceptors (Lipinski definition) is 7. The standard InChI is InChI=1S/C34H27ClN2O7/c1-43-21-6-4-5-19(15-21)34(42)44-20-11-9-18(10-12-20)28(38)17-36(31(39)24-7-2-3-8-27(24)35)37-32(40)29-22-13-14-23(26-16-25(22)26)30(29)33(37)41/h2-15,22-23,25-26,29-30H,16-17H2,1H3/t22-,23-,25-,26-,29-,30+/m0/s1. The number of imide groups is 1. The summed E-state index contributed by atoms with van der Waals surface area (Å²) < 4.78 is 10.6. The molecular weight excluding hydrogens is 584 g/mol. The van der Waals surface area contributed by atoms with Crippen LogP contribution in [0.25, 0.3) is 0 Å². The average Bonchev–Trinajstić information content (AvgIpc) is 3.83. The molecule has 0 aromatic heterocycles. The number of ether oxygens (including phenoxy) is 2. The van der Waals surface area contributed by atoms with Crippen LogP contribution in [0.4, 0.5) is 0 Å². The Hall–Kier alpha value is -4.76. The first-order chi connectivity index (χ1) is 21.3. The molecule has 10 heteroatoms. The van der Waals surface area contributed by atoms with Crippen LogP contribution in [-0.4, -0.2) is 53.1 Å². The van der Waals surface area contributed by atoms with E-state index in [0.29, 0.717) is 23.1 Å². The summed E-state index contributed by atoms with van der Waals surface area (Å²) in [5.41, 5.74) is 0.559. The fraction of sp³-hybridized carbons (Fsp3) is 0.265. The number of Topliss-reactive ketones (excluding diaryl/α,β-unsaturated/α-hetero) is 1. The normalized spacial score (nSPS) is 25.7. The van der Waals surface area contributed by atoms with Gasteiger partial charge >= 0.3 is 5.97 Å². The maximum atomic E-state index is 13.9. The number of nitrogens with zero attached hydrogens (tertiary/aromatic N) is 2. The molecule has 2 bridgehead atoms. The van der Waals surface area contributed by atoms with Gasteiger partial charge in [-0.25, -0.2) is 9.80 Å². The Morgan fingerprint density at radius 1 is 0.841 bits per heavy atom. The van der Waals surface area contributed by atoms with Gasteiger partial charge in [0, 0.05) is 5.56 Å². The lowest BCUT2D eigenvalue weighted by Gasteiger charge is -2.37. The van der Waals surface area contributed by atoms with Crippen LogP contribution in [0.3, 0.4) is 0 Å². The van der Waals surface area contributed by atoms with Gasteiger partial charge in [0.05, 0.1) is 35.1 Å². The summed E-state index contributed by atoms with van der Waals surface area (Å²) in [6, 6.07) is 18.7. The molecule has 0 radical (unpaired) electrons. The van der Waals surface area contributed by atoms with Crippen molar-refractivity contribution in [3.8, 4) is 11.5 Å². The van der Waals surface area contributed by atoms with Gasteiger partial charge in [0.2, 0.25) is 0 Å². The number of methoxy groups -OCH3 is 1. The number of carbonyl (C=O) groups excluding carboxylic acids is 5. The number of hydrazine groups is 1. The molecule has 3 aromatic carbocycles. The van der Waals surface area contributed by atoms with Crippen molar-refractivity contribution < 1.29 is 33.4 Å². The van der Waals surface area contributed by atoms with Gasteiger partial charge in [0.15, 0.2) is 5.78 Å². The van der Waals surface area contributed by atoms with E-state index in [9.17, 15) is 24.0 Å². The lowest BCUT2D eigenvalue weighted by atomic mass is 9.63. The van der Waals surface area contributed by atoms with Crippen molar-refractivity contribution in [2.24, 2.45) is 35.5 Å². The van der Waals surface area contributed by atoms with Crippen molar-refractivity contribution in [3.05, 3.63) is 107 Å². The van der Waals surface area contributed by atoms with Crippen molar-refractivity contribution >= 4 is 41.1 Å². The van der Waals surface area contributed by atoms with Gasteiger partial charge in [-0.05, 0) is 84.7 Å². The summed E-state index contributed by atoms with van der Waals surface area (Å²) in [6.07, 6.45) is 5.09. The fourth-order valence-corrected chi connectivity index (χ4v) is 7.25. The van der Waals surface area contributed by atoms with Crippen LogP contribution in [0, 0.1) is 35.5 Å². The molecule has 2 saturated carbocycles. The first kappa shape index (κ1) is 28.0. The van der Waals surface area contributed by atoms with E-state index in [4.69, 9.17) is 21.1 Å². The fourth-order valence-electron chi connectivity index (χ4n) is 7.04. The monoisotopic (exact) mass is 610 g/mol. The highest BCUT2D eigenvalue weighted by Gasteiger charge is 2.68. The molecule has 1 heterocycles. The van der Waals surface area contributed by atoms with Crippen LogP contribution in [0.1, 0.15) is 37.5 Å². The smallest absolute Gasteiger partial charge is 0.343 e. The van der Waals surface area contributed by atoms with Crippen LogP contribution < -0.4 is 9.47 Å². The Balaban J connectivity index is 1.13. The van der Waals surface area contributed by atoms with Crippen LogP contribution in [-0.2, 0) is 9.59 Å². The second kappa shape index (κ2) is 10.7. The third kappa shape index (κ3) is 4.59. The SMILES string of the molecule is COc1cccc(C(=O)Oc2ccc(C(=O)CN(C(=O)c3ccccc3Cl)N3C(=O)[C@@H]4[C@H]5C=C[C@@H]([C@@H]6C[C@@H]56)[C@@H]4C3=O)cc2)c1. The number of benzene rings is 3. The third-order valence-electron chi connectivity index (χ3n) is 9.21. The maximum absolute atomic E-state index is 13.9. The summed E-state index contributed by atoms with van der Waals surface area (Å²) in [7, 11) is 1.50. The van der Waals surface area contributed by atoms with E-state index in [1.165, 1.54) is 43.5 Å². The zero-order chi connectivity index (χ0) is 30.7. The minimum atomic E-state index is -0.724. The zero-order valence-corrected chi connectivity index (χ0v) is 24.3. The Morgan fingerprint density at radius 2 is 1.50 bits per heavy atom. The molecule has 3 amide bonds. The molecule has 5 aliphatic rings. The van der Waals surface area contributed by atoms with Crippen LogP contribution in [0.5, 0.6) is 11.5 Å². The predicted octanol–water partition coefficient (Wildman–Crippen LogP) is 4.86. The number of ketones is 1. The van der Waals surface area contributed by atoms with Gasteiger partial charge in [0.25, 0.3) is 17.7 Å². The quantitative estimate of drug-likeness (QED) is 0.118. The second-order valence-electron chi connectivity index (χ2n) is 11.6. The first-order valence-electron chi connectivity index (χ1n) is 14.4. The van der Waals surface area contributed by atoms with E-state index in [1.54, 1.807) is 36.4 Å². The molecule has 3 fully saturated rings. The molecule has 1 aliphatic heterocycles.